The summed E-state index contributed by atoms with van der Waals surface area (Å²) in [6.45, 7) is 6.85. The standard InChI is InChI=1S/C18H28O3/c1-4-7-8-14-20-18(19)21-17-13-9-12-15(10-5-2)16(17)11-6-3/h9,12-13H,4-8,10-11,14H2,1-3H3. The van der Waals surface area contributed by atoms with E-state index in [1.807, 2.05) is 12.1 Å². The molecule has 0 saturated carbocycles. The fourth-order valence-corrected chi connectivity index (χ4v) is 2.37. The molecule has 0 aliphatic heterocycles. The first kappa shape index (κ1) is 17.5. The number of aryl methyl sites for hydroxylation is 1. The maximum absolute atomic E-state index is 11.8. The number of rotatable bonds is 9. The van der Waals surface area contributed by atoms with Crippen LogP contribution in [0, 0.1) is 0 Å². The largest absolute Gasteiger partial charge is 0.513 e. The third kappa shape index (κ3) is 6.19. The van der Waals surface area contributed by atoms with Gasteiger partial charge in [-0.25, -0.2) is 4.79 Å². The molecular weight excluding hydrogens is 264 g/mol. The van der Waals surface area contributed by atoms with Crippen molar-refractivity contribution in [1.82, 2.24) is 0 Å². The molecule has 3 heteroatoms. The van der Waals surface area contributed by atoms with Crippen molar-refractivity contribution >= 4 is 6.16 Å². The summed E-state index contributed by atoms with van der Waals surface area (Å²) in [6.07, 6.45) is 6.54. The van der Waals surface area contributed by atoms with Gasteiger partial charge in [-0.2, -0.15) is 0 Å². The molecule has 0 radical (unpaired) electrons. The van der Waals surface area contributed by atoms with Gasteiger partial charge < -0.3 is 9.47 Å². The van der Waals surface area contributed by atoms with Crippen LogP contribution < -0.4 is 4.74 Å². The zero-order valence-electron chi connectivity index (χ0n) is 13.6. The molecular formula is C18H28O3. The van der Waals surface area contributed by atoms with Crippen LogP contribution in [0.1, 0.15) is 64.0 Å². The van der Waals surface area contributed by atoms with Gasteiger partial charge in [-0.05, 0) is 36.5 Å². The third-order valence-electron chi connectivity index (χ3n) is 3.41. The number of unbranched alkanes of at least 4 members (excludes halogenated alkanes) is 2. The number of carbonyl (C=O) groups excluding carboxylic acids is 1. The Hall–Kier alpha value is -1.51. The molecule has 118 valence electrons. The van der Waals surface area contributed by atoms with Crippen LogP contribution in [0.3, 0.4) is 0 Å². The van der Waals surface area contributed by atoms with Crippen LogP contribution in [0.25, 0.3) is 0 Å². The van der Waals surface area contributed by atoms with Crippen molar-refractivity contribution in [3.05, 3.63) is 29.3 Å². The molecule has 0 heterocycles. The Bertz CT molecular complexity index is 426. The van der Waals surface area contributed by atoms with Gasteiger partial charge >= 0.3 is 6.16 Å². The first-order valence-corrected chi connectivity index (χ1v) is 8.18. The van der Waals surface area contributed by atoms with Crippen molar-refractivity contribution in [1.29, 1.82) is 0 Å². The molecule has 3 nitrogen and oxygen atoms in total. The lowest BCUT2D eigenvalue weighted by atomic mass is 9.99. The highest BCUT2D eigenvalue weighted by atomic mass is 16.7. The minimum Gasteiger partial charge on any atom is -0.434 e. The van der Waals surface area contributed by atoms with E-state index in [0.717, 1.165) is 50.5 Å². The normalized spacial score (nSPS) is 10.4. The molecule has 0 spiro atoms. The van der Waals surface area contributed by atoms with Crippen LogP contribution >= 0.6 is 0 Å². The lowest BCUT2D eigenvalue weighted by molar-refractivity contribution is 0.0970. The Labute approximate surface area is 128 Å². The van der Waals surface area contributed by atoms with Gasteiger partial charge in [0.15, 0.2) is 0 Å². The summed E-state index contributed by atoms with van der Waals surface area (Å²) >= 11 is 0. The molecule has 0 aliphatic rings. The van der Waals surface area contributed by atoms with E-state index in [2.05, 4.69) is 26.8 Å². The monoisotopic (exact) mass is 292 g/mol. The highest BCUT2D eigenvalue weighted by Crippen LogP contribution is 2.25. The number of ether oxygens (including phenoxy) is 2. The van der Waals surface area contributed by atoms with Gasteiger partial charge in [-0.3, -0.25) is 0 Å². The lowest BCUT2D eigenvalue weighted by Gasteiger charge is -2.14. The zero-order valence-corrected chi connectivity index (χ0v) is 13.6. The average Bonchev–Trinajstić information content (AvgIpc) is 2.47. The molecule has 0 bridgehead atoms. The van der Waals surface area contributed by atoms with Gasteiger partial charge in [0, 0.05) is 0 Å². The van der Waals surface area contributed by atoms with E-state index in [0.29, 0.717) is 12.4 Å². The van der Waals surface area contributed by atoms with Gasteiger partial charge in [0.1, 0.15) is 5.75 Å². The van der Waals surface area contributed by atoms with Crippen molar-refractivity contribution in [2.75, 3.05) is 6.61 Å². The summed E-state index contributed by atoms with van der Waals surface area (Å²) in [7, 11) is 0. The van der Waals surface area contributed by atoms with E-state index in [9.17, 15) is 4.79 Å². The van der Waals surface area contributed by atoms with Crippen molar-refractivity contribution in [3.63, 3.8) is 0 Å². The van der Waals surface area contributed by atoms with Crippen molar-refractivity contribution in [2.45, 2.75) is 65.7 Å². The lowest BCUT2D eigenvalue weighted by Crippen LogP contribution is -2.13. The second-order valence-electron chi connectivity index (χ2n) is 5.30. The van der Waals surface area contributed by atoms with Crippen LogP contribution in [0.15, 0.2) is 18.2 Å². The van der Waals surface area contributed by atoms with Gasteiger partial charge in [0.2, 0.25) is 0 Å². The summed E-state index contributed by atoms with van der Waals surface area (Å²) in [5.41, 5.74) is 2.42. The number of hydrogen-bond donors (Lipinski definition) is 0. The Morgan fingerprint density at radius 2 is 1.76 bits per heavy atom. The summed E-state index contributed by atoms with van der Waals surface area (Å²) in [6, 6.07) is 5.93. The minimum atomic E-state index is -0.586. The van der Waals surface area contributed by atoms with Crippen LogP contribution in [-0.2, 0) is 17.6 Å². The summed E-state index contributed by atoms with van der Waals surface area (Å²) in [5, 5.41) is 0. The van der Waals surface area contributed by atoms with Crippen LogP contribution in [-0.4, -0.2) is 12.8 Å². The third-order valence-corrected chi connectivity index (χ3v) is 3.41. The summed E-state index contributed by atoms with van der Waals surface area (Å²) in [4.78, 5) is 11.8. The quantitative estimate of drug-likeness (QED) is 0.352. The maximum atomic E-state index is 11.8. The predicted molar refractivity (Wildman–Crippen MR) is 85.9 cm³/mol. The van der Waals surface area contributed by atoms with Crippen molar-refractivity contribution in [3.8, 4) is 5.75 Å². The highest BCUT2D eigenvalue weighted by molar-refractivity contribution is 5.65. The first-order valence-electron chi connectivity index (χ1n) is 8.18. The van der Waals surface area contributed by atoms with Crippen molar-refractivity contribution in [2.24, 2.45) is 0 Å². The number of carbonyl (C=O) groups is 1. The highest BCUT2D eigenvalue weighted by Gasteiger charge is 2.13. The van der Waals surface area contributed by atoms with E-state index >= 15 is 0 Å². The molecule has 0 aromatic heterocycles. The van der Waals surface area contributed by atoms with E-state index in [-0.39, 0.29) is 0 Å². The topological polar surface area (TPSA) is 35.5 Å². The Kier molecular flexibility index (Phi) is 8.56. The van der Waals surface area contributed by atoms with Crippen LogP contribution in [0.4, 0.5) is 4.79 Å². The molecule has 0 unspecified atom stereocenters. The average molecular weight is 292 g/mol. The van der Waals surface area contributed by atoms with E-state index in [1.54, 1.807) is 0 Å². The number of hydrogen-bond acceptors (Lipinski definition) is 3. The first-order chi connectivity index (χ1) is 10.2. The second-order valence-corrected chi connectivity index (χ2v) is 5.30. The molecule has 1 aromatic rings. The smallest absolute Gasteiger partial charge is 0.434 e. The predicted octanol–water partition coefficient (Wildman–Crippen LogP) is 5.30. The van der Waals surface area contributed by atoms with E-state index < -0.39 is 6.16 Å². The summed E-state index contributed by atoms with van der Waals surface area (Å²) < 4.78 is 10.5. The molecule has 1 rings (SSSR count). The Morgan fingerprint density at radius 3 is 2.43 bits per heavy atom. The van der Waals surface area contributed by atoms with Crippen molar-refractivity contribution < 1.29 is 14.3 Å². The van der Waals surface area contributed by atoms with Gasteiger partial charge in [-0.15, -0.1) is 0 Å². The molecule has 0 atom stereocenters. The fraction of sp³-hybridized carbons (Fsp3) is 0.611. The molecule has 0 N–H and O–H groups in total. The van der Waals surface area contributed by atoms with E-state index in [4.69, 9.17) is 9.47 Å². The van der Waals surface area contributed by atoms with E-state index in [1.165, 1.54) is 5.56 Å². The fourth-order valence-electron chi connectivity index (χ4n) is 2.37. The Morgan fingerprint density at radius 1 is 1.00 bits per heavy atom. The summed E-state index contributed by atoms with van der Waals surface area (Å²) in [5.74, 6) is 0.656. The van der Waals surface area contributed by atoms with Gasteiger partial charge in [0.05, 0.1) is 6.61 Å². The second kappa shape index (κ2) is 10.3. The van der Waals surface area contributed by atoms with Gasteiger partial charge in [0.25, 0.3) is 0 Å². The molecule has 0 aliphatic carbocycles. The SMILES string of the molecule is CCCCCOC(=O)Oc1cccc(CCC)c1CCC. The molecule has 0 saturated heterocycles. The molecule has 21 heavy (non-hydrogen) atoms. The number of benzene rings is 1. The molecule has 0 fully saturated rings. The molecule has 0 amide bonds. The zero-order chi connectivity index (χ0) is 15.5. The minimum absolute atomic E-state index is 0.435. The van der Waals surface area contributed by atoms with Crippen LogP contribution in [0.5, 0.6) is 5.75 Å². The maximum Gasteiger partial charge on any atom is 0.513 e. The molecule has 1 aromatic carbocycles. The van der Waals surface area contributed by atoms with Crippen LogP contribution in [0.2, 0.25) is 0 Å². The van der Waals surface area contributed by atoms with Gasteiger partial charge in [-0.1, -0.05) is 58.6 Å². The Balaban J connectivity index is 2.68.